The normalized spacial score (nSPS) is 19.5. The van der Waals surface area contributed by atoms with Crippen LogP contribution < -0.4 is 26.1 Å². The standard InChI is InChI=1S/C16H17ClN6O2/c17-6-8-5-9-11-10(7-18)15(23-1-3-24-4-2-23)21-13(19)12(11)14(20)22-16(9)25-8/h8H,1-6H2,(H2,19,21)(H2,20,22)/p+1/t8-/m0/s1. The molecule has 1 atom stereocenters. The summed E-state index contributed by atoms with van der Waals surface area (Å²) in [6.07, 6.45) is 0.429. The molecule has 1 fully saturated rings. The first-order valence-electron chi connectivity index (χ1n) is 8.06. The van der Waals surface area contributed by atoms with E-state index in [-0.39, 0.29) is 6.10 Å². The van der Waals surface area contributed by atoms with Gasteiger partial charge in [-0.05, 0) is 0 Å². The van der Waals surface area contributed by atoms with Crippen LogP contribution >= 0.6 is 11.6 Å². The summed E-state index contributed by atoms with van der Waals surface area (Å²) >= 11 is 5.95. The summed E-state index contributed by atoms with van der Waals surface area (Å²) in [4.78, 5) is 9.52. The highest BCUT2D eigenvalue weighted by molar-refractivity contribution is 6.18. The van der Waals surface area contributed by atoms with E-state index in [1.807, 2.05) is 4.90 Å². The Bertz CT molecular complexity index is 891. The maximum atomic E-state index is 9.88. The third-order valence-corrected chi connectivity index (χ3v) is 4.95. The van der Waals surface area contributed by atoms with Crippen LogP contribution in [0.4, 0.5) is 17.5 Å². The van der Waals surface area contributed by atoms with Crippen molar-refractivity contribution in [3.05, 3.63) is 11.1 Å². The number of aromatic nitrogens is 2. The van der Waals surface area contributed by atoms with Gasteiger partial charge in [0.1, 0.15) is 34.8 Å². The van der Waals surface area contributed by atoms with Crippen LogP contribution in [0.2, 0.25) is 0 Å². The summed E-state index contributed by atoms with van der Waals surface area (Å²) < 4.78 is 11.2. The minimum absolute atomic E-state index is 0.161. The van der Waals surface area contributed by atoms with Crippen molar-refractivity contribution in [2.45, 2.75) is 12.5 Å². The van der Waals surface area contributed by atoms with Gasteiger partial charge in [-0.25, -0.2) is 9.97 Å². The van der Waals surface area contributed by atoms with E-state index in [0.29, 0.717) is 78.3 Å². The summed E-state index contributed by atoms with van der Waals surface area (Å²) in [5, 5.41) is 11.1. The monoisotopic (exact) mass is 361 g/mol. The maximum absolute atomic E-state index is 9.88. The Morgan fingerprint density at radius 1 is 1.32 bits per heavy atom. The molecule has 0 aliphatic carbocycles. The molecule has 0 radical (unpaired) electrons. The van der Waals surface area contributed by atoms with Crippen LogP contribution in [0.5, 0.6) is 5.88 Å². The lowest BCUT2D eigenvalue weighted by Crippen LogP contribution is -2.37. The smallest absolute Gasteiger partial charge is 0.286 e. The number of morpholine rings is 1. The number of hydrogen-bond donors (Lipinski definition) is 2. The average Bonchev–Trinajstić information content (AvgIpc) is 3.05. The molecule has 0 spiro atoms. The van der Waals surface area contributed by atoms with Crippen molar-refractivity contribution in [1.29, 1.82) is 5.26 Å². The van der Waals surface area contributed by atoms with Gasteiger partial charge in [0.25, 0.3) is 11.7 Å². The van der Waals surface area contributed by atoms with Crippen molar-refractivity contribution in [3.8, 4) is 11.9 Å². The number of rotatable bonds is 2. The van der Waals surface area contributed by atoms with Crippen molar-refractivity contribution >= 4 is 39.8 Å². The number of pyridine rings is 2. The summed E-state index contributed by atoms with van der Waals surface area (Å²) in [7, 11) is 0. The fourth-order valence-electron chi connectivity index (χ4n) is 3.47. The van der Waals surface area contributed by atoms with Gasteiger partial charge in [0.05, 0.1) is 24.7 Å². The summed E-state index contributed by atoms with van der Waals surface area (Å²) in [5.41, 5.74) is 13.7. The molecule has 4 rings (SSSR count). The molecule has 2 aromatic rings. The van der Waals surface area contributed by atoms with Gasteiger partial charge >= 0.3 is 0 Å². The molecule has 0 amide bonds. The summed E-state index contributed by atoms with van der Waals surface area (Å²) in [6, 6.07) is 2.29. The second kappa shape index (κ2) is 6.10. The van der Waals surface area contributed by atoms with E-state index in [9.17, 15) is 5.26 Å². The number of nitrogens with one attached hydrogen (secondary N) is 1. The molecule has 0 bridgehead atoms. The van der Waals surface area contributed by atoms with Crippen LogP contribution in [0.3, 0.4) is 0 Å². The molecule has 130 valence electrons. The van der Waals surface area contributed by atoms with Crippen LogP contribution in [0.15, 0.2) is 0 Å². The van der Waals surface area contributed by atoms with E-state index in [0.717, 1.165) is 5.56 Å². The largest absolute Gasteiger partial charge is 0.457 e. The van der Waals surface area contributed by atoms with Crippen molar-refractivity contribution in [2.75, 3.05) is 48.6 Å². The van der Waals surface area contributed by atoms with Crippen molar-refractivity contribution in [2.24, 2.45) is 0 Å². The lowest BCUT2D eigenvalue weighted by molar-refractivity contribution is -0.375. The number of ether oxygens (including phenoxy) is 2. The molecule has 2 aliphatic rings. The first-order valence-corrected chi connectivity index (χ1v) is 8.59. The molecular formula is C16H18ClN6O2+. The summed E-state index contributed by atoms with van der Waals surface area (Å²) in [6.45, 7) is 2.49. The molecule has 8 nitrogen and oxygen atoms in total. The topological polar surface area (TPSA) is 125 Å². The average molecular weight is 362 g/mol. The molecule has 1 saturated heterocycles. The van der Waals surface area contributed by atoms with Crippen molar-refractivity contribution in [3.63, 3.8) is 0 Å². The van der Waals surface area contributed by atoms with E-state index in [2.05, 4.69) is 16.0 Å². The number of fused-ring (bicyclic) bond motifs is 3. The van der Waals surface area contributed by atoms with E-state index < -0.39 is 0 Å². The second-order valence-electron chi connectivity index (χ2n) is 6.10. The molecule has 0 unspecified atom stereocenters. The Kier molecular flexibility index (Phi) is 3.90. The Balaban J connectivity index is 2.00. The molecule has 5 N–H and O–H groups in total. The predicted octanol–water partition coefficient (Wildman–Crippen LogP) is 0.464. The van der Waals surface area contributed by atoms with Crippen molar-refractivity contribution in [1.82, 2.24) is 4.98 Å². The first-order chi connectivity index (χ1) is 12.1. The Labute approximate surface area is 149 Å². The van der Waals surface area contributed by atoms with Crippen LogP contribution in [-0.2, 0) is 11.2 Å². The molecular weight excluding hydrogens is 344 g/mol. The third-order valence-electron chi connectivity index (χ3n) is 4.61. The Morgan fingerprint density at radius 2 is 2.08 bits per heavy atom. The maximum Gasteiger partial charge on any atom is 0.286 e. The Hall–Kier alpha value is -2.50. The highest BCUT2D eigenvalue weighted by Crippen LogP contribution is 2.40. The van der Waals surface area contributed by atoms with E-state index in [1.54, 1.807) is 0 Å². The SMILES string of the molecule is N#Cc1c(N2CCOCC2)nc(N)c2c(N)[nH+]c3c(c12)C[C@@H](CCl)O3. The van der Waals surface area contributed by atoms with Gasteiger partial charge in [-0.15, -0.1) is 11.6 Å². The fourth-order valence-corrected chi connectivity index (χ4v) is 3.64. The Morgan fingerprint density at radius 3 is 2.76 bits per heavy atom. The minimum atomic E-state index is -0.161. The molecule has 25 heavy (non-hydrogen) atoms. The van der Waals surface area contributed by atoms with Crippen LogP contribution in [-0.4, -0.2) is 43.3 Å². The third kappa shape index (κ3) is 2.47. The second-order valence-corrected chi connectivity index (χ2v) is 6.41. The molecule has 4 heterocycles. The van der Waals surface area contributed by atoms with E-state index in [1.165, 1.54) is 0 Å². The molecule has 9 heteroatoms. The van der Waals surface area contributed by atoms with Gasteiger partial charge in [-0.1, -0.05) is 0 Å². The highest BCUT2D eigenvalue weighted by Gasteiger charge is 2.33. The lowest BCUT2D eigenvalue weighted by atomic mass is 9.99. The number of alkyl halides is 1. The zero-order valence-electron chi connectivity index (χ0n) is 13.5. The van der Waals surface area contributed by atoms with Crippen LogP contribution in [0.1, 0.15) is 11.1 Å². The number of anilines is 3. The van der Waals surface area contributed by atoms with Gasteiger partial charge in [-0.2, -0.15) is 5.26 Å². The van der Waals surface area contributed by atoms with Gasteiger partial charge in [-0.3, -0.25) is 5.73 Å². The molecule has 0 aromatic carbocycles. The number of nitriles is 1. The van der Waals surface area contributed by atoms with Crippen LogP contribution in [0.25, 0.3) is 10.8 Å². The van der Waals surface area contributed by atoms with E-state index >= 15 is 0 Å². The molecule has 2 aliphatic heterocycles. The number of halogens is 1. The van der Waals surface area contributed by atoms with Gasteiger partial charge < -0.3 is 20.1 Å². The minimum Gasteiger partial charge on any atom is -0.457 e. The molecule has 0 saturated carbocycles. The highest BCUT2D eigenvalue weighted by atomic mass is 35.5. The van der Waals surface area contributed by atoms with Gasteiger partial charge in [0.15, 0.2) is 0 Å². The summed E-state index contributed by atoms with van der Waals surface area (Å²) in [5.74, 6) is 2.09. The number of nitrogen functional groups attached to an aromatic ring is 2. The van der Waals surface area contributed by atoms with E-state index in [4.69, 9.17) is 32.5 Å². The lowest BCUT2D eigenvalue weighted by Gasteiger charge is -2.29. The number of nitrogens with two attached hydrogens (primary N) is 2. The van der Waals surface area contributed by atoms with Gasteiger partial charge in [0.2, 0.25) is 0 Å². The zero-order chi connectivity index (χ0) is 17.6. The zero-order valence-corrected chi connectivity index (χ0v) is 14.3. The van der Waals surface area contributed by atoms with Crippen LogP contribution in [0, 0.1) is 11.3 Å². The quantitative estimate of drug-likeness (QED) is 0.744. The number of hydrogen-bond acceptors (Lipinski definition) is 7. The number of aromatic amines is 1. The van der Waals surface area contributed by atoms with Crippen molar-refractivity contribution < 1.29 is 14.5 Å². The fraction of sp³-hybridized carbons (Fsp3) is 0.438. The predicted molar refractivity (Wildman–Crippen MR) is 93.7 cm³/mol. The molecule has 2 aromatic heterocycles. The first kappa shape index (κ1) is 16.0. The number of nitrogens with zero attached hydrogens (tertiary/aromatic N) is 3. The van der Waals surface area contributed by atoms with Gasteiger partial charge in [0, 0.05) is 24.9 Å². The number of H-pyrrole nitrogens is 1.